The fraction of sp³-hybridized carbons (Fsp3) is 0.167. The second-order valence-corrected chi connectivity index (χ2v) is 2.78. The molecule has 0 amide bonds. The Morgan fingerprint density at radius 3 is 2.75 bits per heavy atom. The molecule has 0 aliphatic carbocycles. The van der Waals surface area contributed by atoms with Crippen molar-refractivity contribution in [3.05, 3.63) is 54.1 Å². The van der Waals surface area contributed by atoms with Crippen LogP contribution in [0.2, 0.25) is 0 Å². The highest BCUT2D eigenvalue weighted by Crippen LogP contribution is 2.08. The zero-order valence-corrected chi connectivity index (χ0v) is 7.46. The quantitative estimate of drug-likeness (QED) is 0.590. The van der Waals surface area contributed by atoms with Crippen LogP contribution in [0, 0.1) is 6.92 Å². The normalized spacial score (nSPS) is 10.4. The van der Waals surface area contributed by atoms with Gasteiger partial charge in [-0.15, -0.1) is 6.58 Å². The zero-order valence-electron chi connectivity index (χ0n) is 7.46. The number of hydrogen-bond acceptors (Lipinski definition) is 0. The monoisotopic (exact) mass is 158 g/mol. The van der Waals surface area contributed by atoms with Gasteiger partial charge in [-0.2, -0.15) is 0 Å². The SMILES string of the molecule is C=CC/C=C\c1ccccc1C. The minimum absolute atomic E-state index is 0.939. The molecule has 0 aromatic heterocycles. The predicted molar refractivity (Wildman–Crippen MR) is 55.0 cm³/mol. The van der Waals surface area contributed by atoms with E-state index in [0.717, 1.165) is 6.42 Å². The molecule has 0 aliphatic rings. The maximum atomic E-state index is 3.66. The Morgan fingerprint density at radius 1 is 1.33 bits per heavy atom. The molecular weight excluding hydrogens is 144 g/mol. The van der Waals surface area contributed by atoms with Crippen LogP contribution in [0.15, 0.2) is 43.0 Å². The molecule has 0 N–H and O–H groups in total. The molecule has 0 unspecified atom stereocenters. The molecule has 1 aromatic rings. The van der Waals surface area contributed by atoms with Crippen LogP contribution in [0.4, 0.5) is 0 Å². The predicted octanol–water partition coefficient (Wildman–Crippen LogP) is 3.58. The van der Waals surface area contributed by atoms with Crippen LogP contribution in [-0.4, -0.2) is 0 Å². The van der Waals surface area contributed by atoms with Crippen molar-refractivity contribution in [2.45, 2.75) is 13.3 Å². The van der Waals surface area contributed by atoms with E-state index in [4.69, 9.17) is 0 Å². The van der Waals surface area contributed by atoms with Gasteiger partial charge < -0.3 is 0 Å². The van der Waals surface area contributed by atoms with Gasteiger partial charge in [-0.05, 0) is 24.5 Å². The maximum Gasteiger partial charge on any atom is -0.0169 e. The van der Waals surface area contributed by atoms with Gasteiger partial charge in [0.2, 0.25) is 0 Å². The lowest BCUT2D eigenvalue weighted by molar-refractivity contribution is 1.40. The summed E-state index contributed by atoms with van der Waals surface area (Å²) in [5, 5.41) is 0. The maximum absolute atomic E-state index is 3.66. The number of hydrogen-bond donors (Lipinski definition) is 0. The molecule has 0 bridgehead atoms. The summed E-state index contributed by atoms with van der Waals surface area (Å²) in [5.74, 6) is 0. The lowest BCUT2D eigenvalue weighted by Gasteiger charge is -1.97. The van der Waals surface area contributed by atoms with E-state index < -0.39 is 0 Å². The van der Waals surface area contributed by atoms with Crippen molar-refractivity contribution in [1.82, 2.24) is 0 Å². The van der Waals surface area contributed by atoms with Crippen molar-refractivity contribution >= 4 is 6.08 Å². The van der Waals surface area contributed by atoms with E-state index in [2.05, 4.69) is 49.9 Å². The van der Waals surface area contributed by atoms with Crippen molar-refractivity contribution in [1.29, 1.82) is 0 Å². The van der Waals surface area contributed by atoms with Crippen LogP contribution in [0.3, 0.4) is 0 Å². The second-order valence-electron chi connectivity index (χ2n) is 2.78. The fourth-order valence-electron chi connectivity index (χ4n) is 1.07. The van der Waals surface area contributed by atoms with Crippen molar-refractivity contribution in [3.8, 4) is 0 Å². The summed E-state index contributed by atoms with van der Waals surface area (Å²) < 4.78 is 0. The van der Waals surface area contributed by atoms with Crippen LogP contribution in [0.5, 0.6) is 0 Å². The first-order valence-corrected chi connectivity index (χ1v) is 4.17. The Labute approximate surface area is 74.2 Å². The number of aryl methyl sites for hydroxylation is 1. The van der Waals surface area contributed by atoms with E-state index in [1.54, 1.807) is 0 Å². The molecule has 0 fully saturated rings. The Bertz CT molecular complexity index is 282. The zero-order chi connectivity index (χ0) is 8.81. The summed E-state index contributed by atoms with van der Waals surface area (Å²) in [4.78, 5) is 0. The minimum Gasteiger partial charge on any atom is -0.103 e. The molecular formula is C12H14. The van der Waals surface area contributed by atoms with Crippen LogP contribution in [0.25, 0.3) is 6.08 Å². The minimum atomic E-state index is 0.939. The molecule has 0 radical (unpaired) electrons. The molecule has 0 aliphatic heterocycles. The molecule has 0 atom stereocenters. The molecule has 62 valence electrons. The van der Waals surface area contributed by atoms with Crippen LogP contribution < -0.4 is 0 Å². The summed E-state index contributed by atoms with van der Waals surface area (Å²) in [6, 6.07) is 8.35. The molecule has 0 spiro atoms. The highest BCUT2D eigenvalue weighted by Gasteiger charge is 1.88. The van der Waals surface area contributed by atoms with Crippen LogP contribution in [-0.2, 0) is 0 Å². The van der Waals surface area contributed by atoms with Crippen molar-refractivity contribution in [3.63, 3.8) is 0 Å². The average molecular weight is 158 g/mol. The summed E-state index contributed by atoms with van der Waals surface area (Å²) in [5.41, 5.74) is 2.61. The molecule has 0 saturated carbocycles. The second kappa shape index (κ2) is 4.55. The molecule has 0 heteroatoms. The summed E-state index contributed by atoms with van der Waals surface area (Å²) in [6.45, 7) is 5.78. The standard InChI is InChI=1S/C12H14/c1-3-4-5-9-12-10-7-6-8-11(12)2/h3,5-10H,1,4H2,2H3/b9-5-. The van der Waals surface area contributed by atoms with Gasteiger partial charge in [-0.25, -0.2) is 0 Å². The summed E-state index contributed by atoms with van der Waals surface area (Å²) >= 11 is 0. The van der Waals surface area contributed by atoms with E-state index >= 15 is 0 Å². The average Bonchev–Trinajstić information content (AvgIpc) is 2.09. The van der Waals surface area contributed by atoms with Gasteiger partial charge in [0.15, 0.2) is 0 Å². The van der Waals surface area contributed by atoms with E-state index in [-0.39, 0.29) is 0 Å². The van der Waals surface area contributed by atoms with Crippen molar-refractivity contribution < 1.29 is 0 Å². The Hall–Kier alpha value is -1.30. The number of rotatable bonds is 3. The van der Waals surface area contributed by atoms with Gasteiger partial charge in [0, 0.05) is 0 Å². The Morgan fingerprint density at radius 2 is 2.08 bits per heavy atom. The number of benzene rings is 1. The van der Waals surface area contributed by atoms with Crippen LogP contribution in [0.1, 0.15) is 17.5 Å². The fourth-order valence-corrected chi connectivity index (χ4v) is 1.07. The van der Waals surface area contributed by atoms with Crippen molar-refractivity contribution in [2.24, 2.45) is 0 Å². The lowest BCUT2D eigenvalue weighted by Crippen LogP contribution is -1.77. The van der Waals surface area contributed by atoms with E-state index in [1.165, 1.54) is 11.1 Å². The first-order chi connectivity index (χ1) is 5.84. The molecule has 1 rings (SSSR count). The van der Waals surface area contributed by atoms with Gasteiger partial charge in [0.25, 0.3) is 0 Å². The molecule has 12 heavy (non-hydrogen) atoms. The smallest absolute Gasteiger partial charge is 0.0169 e. The first-order valence-electron chi connectivity index (χ1n) is 4.17. The van der Waals surface area contributed by atoms with E-state index in [9.17, 15) is 0 Å². The van der Waals surface area contributed by atoms with E-state index in [1.807, 2.05) is 6.08 Å². The van der Waals surface area contributed by atoms with Gasteiger partial charge in [0.1, 0.15) is 0 Å². The third kappa shape index (κ3) is 2.39. The van der Waals surface area contributed by atoms with Gasteiger partial charge in [0.05, 0.1) is 0 Å². The highest BCUT2D eigenvalue weighted by atomic mass is 13.9. The molecule has 0 saturated heterocycles. The van der Waals surface area contributed by atoms with Gasteiger partial charge in [-0.1, -0.05) is 42.5 Å². The lowest BCUT2D eigenvalue weighted by atomic mass is 10.1. The molecule has 0 heterocycles. The summed E-state index contributed by atoms with van der Waals surface area (Å²) in [6.07, 6.45) is 7.09. The topological polar surface area (TPSA) is 0 Å². The Balaban J connectivity index is 2.74. The Kier molecular flexibility index (Phi) is 3.34. The summed E-state index contributed by atoms with van der Waals surface area (Å²) in [7, 11) is 0. The third-order valence-electron chi connectivity index (χ3n) is 1.79. The number of allylic oxidation sites excluding steroid dienone is 2. The first kappa shape index (κ1) is 8.79. The third-order valence-corrected chi connectivity index (χ3v) is 1.79. The van der Waals surface area contributed by atoms with Gasteiger partial charge in [-0.3, -0.25) is 0 Å². The van der Waals surface area contributed by atoms with Crippen LogP contribution >= 0.6 is 0 Å². The highest BCUT2D eigenvalue weighted by molar-refractivity contribution is 5.53. The molecule has 1 aromatic carbocycles. The van der Waals surface area contributed by atoms with E-state index in [0.29, 0.717) is 0 Å². The largest absolute Gasteiger partial charge is 0.103 e. The van der Waals surface area contributed by atoms with Crippen molar-refractivity contribution in [2.75, 3.05) is 0 Å². The molecule has 0 nitrogen and oxygen atoms in total. The van der Waals surface area contributed by atoms with Gasteiger partial charge >= 0.3 is 0 Å².